The average molecular weight is 529 g/mol. The van der Waals surface area contributed by atoms with Crippen LogP contribution in [0.4, 0.5) is 0 Å². The third-order valence-electron chi connectivity index (χ3n) is 6.39. The van der Waals surface area contributed by atoms with Crippen molar-refractivity contribution in [3.8, 4) is 11.5 Å². The van der Waals surface area contributed by atoms with Gasteiger partial charge in [-0.3, -0.25) is 4.79 Å². The van der Waals surface area contributed by atoms with Crippen molar-refractivity contribution in [2.75, 3.05) is 20.3 Å². The Morgan fingerprint density at radius 2 is 1.85 bits per heavy atom. The van der Waals surface area contributed by atoms with E-state index >= 15 is 0 Å². The number of hydrogen-bond donors (Lipinski definition) is 2. The molecule has 2 atom stereocenters. The lowest BCUT2D eigenvalue weighted by Crippen LogP contribution is -2.50. The zero-order chi connectivity index (χ0) is 27.7. The predicted molar refractivity (Wildman–Crippen MR) is 153 cm³/mol. The van der Waals surface area contributed by atoms with Crippen molar-refractivity contribution in [3.63, 3.8) is 0 Å². The van der Waals surface area contributed by atoms with Gasteiger partial charge in [0.15, 0.2) is 11.6 Å². The SMILES string of the molecule is COc1cccc([C@H]2OC(c3ccc(OCCCO)cc3)=N[C@@]2(C/C=C/c2ccccc2)C(=O)NC(C)C)c1. The molecule has 1 heterocycles. The van der Waals surface area contributed by atoms with Crippen LogP contribution in [-0.2, 0) is 9.53 Å². The number of benzene rings is 3. The summed E-state index contributed by atoms with van der Waals surface area (Å²) in [6.07, 6.45) is 4.19. The smallest absolute Gasteiger partial charge is 0.252 e. The number of aliphatic imine (C=N–C) groups is 1. The Labute approximate surface area is 230 Å². The fourth-order valence-corrected chi connectivity index (χ4v) is 4.45. The Balaban J connectivity index is 1.75. The van der Waals surface area contributed by atoms with Crippen LogP contribution in [0.5, 0.6) is 11.5 Å². The molecule has 204 valence electrons. The van der Waals surface area contributed by atoms with E-state index in [0.717, 1.165) is 16.7 Å². The summed E-state index contributed by atoms with van der Waals surface area (Å²) in [4.78, 5) is 18.9. The van der Waals surface area contributed by atoms with Crippen molar-refractivity contribution < 1.29 is 24.1 Å². The first-order valence-electron chi connectivity index (χ1n) is 13.2. The number of rotatable bonds is 12. The molecule has 7 nitrogen and oxygen atoms in total. The Hall–Kier alpha value is -4.10. The van der Waals surface area contributed by atoms with Crippen LogP contribution >= 0.6 is 0 Å². The normalized spacial score (nSPS) is 18.6. The van der Waals surface area contributed by atoms with Crippen LogP contribution in [0.25, 0.3) is 6.08 Å². The molecule has 39 heavy (non-hydrogen) atoms. The van der Waals surface area contributed by atoms with Gasteiger partial charge in [-0.2, -0.15) is 0 Å². The van der Waals surface area contributed by atoms with Gasteiger partial charge < -0.3 is 24.6 Å². The molecular formula is C32H36N2O5. The topological polar surface area (TPSA) is 89.4 Å². The Bertz CT molecular complexity index is 1290. The molecule has 0 spiro atoms. The Morgan fingerprint density at radius 1 is 1.08 bits per heavy atom. The van der Waals surface area contributed by atoms with Crippen molar-refractivity contribution in [3.05, 3.63) is 102 Å². The van der Waals surface area contributed by atoms with E-state index in [9.17, 15) is 4.79 Å². The fraction of sp³-hybridized carbons (Fsp3) is 0.312. The van der Waals surface area contributed by atoms with Gasteiger partial charge in [0.1, 0.15) is 11.5 Å². The van der Waals surface area contributed by atoms with E-state index in [-0.39, 0.29) is 18.6 Å². The highest BCUT2D eigenvalue weighted by Crippen LogP contribution is 2.43. The van der Waals surface area contributed by atoms with E-state index in [0.29, 0.717) is 36.8 Å². The summed E-state index contributed by atoms with van der Waals surface area (Å²) < 4.78 is 17.7. The molecule has 1 amide bonds. The van der Waals surface area contributed by atoms with Gasteiger partial charge in [-0.05, 0) is 61.4 Å². The highest BCUT2D eigenvalue weighted by molar-refractivity contribution is 6.01. The average Bonchev–Trinajstić information content (AvgIpc) is 3.35. The minimum Gasteiger partial charge on any atom is -0.497 e. The van der Waals surface area contributed by atoms with Crippen molar-refractivity contribution in [2.24, 2.45) is 4.99 Å². The summed E-state index contributed by atoms with van der Waals surface area (Å²) in [7, 11) is 1.61. The first-order valence-corrected chi connectivity index (χ1v) is 13.2. The molecule has 0 bridgehead atoms. The molecular weight excluding hydrogens is 492 g/mol. The number of methoxy groups -OCH3 is 1. The van der Waals surface area contributed by atoms with Gasteiger partial charge in [0.25, 0.3) is 5.91 Å². The van der Waals surface area contributed by atoms with E-state index in [1.54, 1.807) is 7.11 Å². The molecule has 3 aromatic carbocycles. The molecule has 0 saturated heterocycles. The molecule has 0 saturated carbocycles. The molecule has 1 aliphatic heterocycles. The van der Waals surface area contributed by atoms with Crippen molar-refractivity contribution in [1.29, 1.82) is 0 Å². The summed E-state index contributed by atoms with van der Waals surface area (Å²) >= 11 is 0. The zero-order valence-electron chi connectivity index (χ0n) is 22.7. The summed E-state index contributed by atoms with van der Waals surface area (Å²) in [5.41, 5.74) is 1.33. The van der Waals surface area contributed by atoms with Crippen LogP contribution in [0.1, 0.15) is 49.5 Å². The summed E-state index contributed by atoms with van der Waals surface area (Å²) in [6.45, 7) is 4.37. The maximum Gasteiger partial charge on any atom is 0.252 e. The van der Waals surface area contributed by atoms with Gasteiger partial charge in [0.2, 0.25) is 5.90 Å². The first-order chi connectivity index (χ1) is 18.9. The minimum atomic E-state index is -1.24. The molecule has 0 fully saturated rings. The van der Waals surface area contributed by atoms with Crippen molar-refractivity contribution >= 4 is 17.9 Å². The third-order valence-corrected chi connectivity index (χ3v) is 6.39. The lowest BCUT2D eigenvalue weighted by atomic mass is 9.84. The van der Waals surface area contributed by atoms with Crippen LogP contribution in [-0.4, -0.2) is 48.8 Å². The largest absolute Gasteiger partial charge is 0.497 e. The van der Waals surface area contributed by atoms with Gasteiger partial charge >= 0.3 is 0 Å². The monoisotopic (exact) mass is 528 g/mol. The third kappa shape index (κ3) is 6.86. The van der Waals surface area contributed by atoms with Gasteiger partial charge in [-0.25, -0.2) is 4.99 Å². The molecule has 3 aromatic rings. The number of carbonyl (C=O) groups is 1. The lowest BCUT2D eigenvalue weighted by Gasteiger charge is -2.30. The maximum atomic E-state index is 13.9. The minimum absolute atomic E-state index is 0.0759. The maximum absolute atomic E-state index is 13.9. The molecule has 4 rings (SSSR count). The number of nitrogens with one attached hydrogen (secondary N) is 1. The first kappa shape index (κ1) is 27.9. The number of ether oxygens (including phenoxy) is 3. The molecule has 0 aliphatic carbocycles. The number of nitrogens with zero attached hydrogens (tertiary/aromatic N) is 1. The van der Waals surface area contributed by atoms with Crippen LogP contribution in [0.2, 0.25) is 0 Å². The molecule has 1 aliphatic rings. The summed E-state index contributed by atoms with van der Waals surface area (Å²) in [5.74, 6) is 1.54. The second-order valence-corrected chi connectivity index (χ2v) is 9.71. The van der Waals surface area contributed by atoms with Gasteiger partial charge in [-0.1, -0.05) is 54.6 Å². The van der Waals surface area contributed by atoms with E-state index in [1.165, 1.54) is 0 Å². The fourth-order valence-electron chi connectivity index (χ4n) is 4.45. The molecule has 2 N–H and O–H groups in total. The standard InChI is InChI=1S/C32H36N2O5/c1-23(2)33-31(36)32(19-8-12-24-10-5-4-6-11-24)29(26-13-7-14-28(22-26)37-3)39-30(34-32)25-15-17-27(18-16-25)38-21-9-20-35/h4-8,10-18,22-23,29,35H,9,19-21H2,1-3H3,(H,33,36)/b12-8+/t29-,32-/m1/s1. The Morgan fingerprint density at radius 3 is 2.54 bits per heavy atom. The van der Waals surface area contributed by atoms with E-state index in [4.69, 9.17) is 24.3 Å². The molecule has 0 radical (unpaired) electrons. The highest BCUT2D eigenvalue weighted by Gasteiger charge is 2.52. The van der Waals surface area contributed by atoms with Crippen LogP contribution in [0.15, 0.2) is 89.9 Å². The second-order valence-electron chi connectivity index (χ2n) is 9.71. The molecule has 0 unspecified atom stereocenters. The van der Waals surface area contributed by atoms with Gasteiger partial charge in [0, 0.05) is 31.1 Å². The van der Waals surface area contributed by atoms with Crippen molar-refractivity contribution in [1.82, 2.24) is 5.32 Å². The van der Waals surface area contributed by atoms with Crippen LogP contribution < -0.4 is 14.8 Å². The van der Waals surface area contributed by atoms with Crippen LogP contribution in [0.3, 0.4) is 0 Å². The summed E-state index contributed by atoms with van der Waals surface area (Å²) in [6, 6.07) is 24.9. The number of aliphatic hydroxyl groups excluding tert-OH is 1. The van der Waals surface area contributed by atoms with E-state index < -0.39 is 11.6 Å². The predicted octanol–water partition coefficient (Wildman–Crippen LogP) is 5.34. The van der Waals surface area contributed by atoms with Gasteiger partial charge in [0.05, 0.1) is 13.7 Å². The number of carbonyl (C=O) groups excluding carboxylic acids is 1. The molecule has 7 heteroatoms. The number of amides is 1. The second kappa shape index (κ2) is 13.1. The van der Waals surface area contributed by atoms with E-state index in [1.807, 2.05) is 105 Å². The number of aliphatic hydroxyl groups is 1. The number of hydrogen-bond acceptors (Lipinski definition) is 6. The Kier molecular flexibility index (Phi) is 9.39. The van der Waals surface area contributed by atoms with Crippen molar-refractivity contribution in [2.45, 2.75) is 44.4 Å². The summed E-state index contributed by atoms with van der Waals surface area (Å²) in [5, 5.41) is 12.1. The lowest BCUT2D eigenvalue weighted by molar-refractivity contribution is -0.129. The van der Waals surface area contributed by atoms with E-state index in [2.05, 4.69) is 5.32 Å². The zero-order valence-corrected chi connectivity index (χ0v) is 22.7. The van der Waals surface area contributed by atoms with Crippen LogP contribution in [0, 0.1) is 0 Å². The quantitative estimate of drug-likeness (QED) is 0.310. The highest BCUT2D eigenvalue weighted by atomic mass is 16.5. The molecule has 0 aromatic heterocycles. The van der Waals surface area contributed by atoms with Gasteiger partial charge in [-0.15, -0.1) is 0 Å².